The minimum absolute atomic E-state index is 0.0815. The number of hydrogen-bond acceptors (Lipinski definition) is 5. The zero-order valence-electron chi connectivity index (χ0n) is 12.6. The van der Waals surface area contributed by atoms with Crippen LogP contribution in [0.4, 0.5) is 0 Å². The van der Waals surface area contributed by atoms with Gasteiger partial charge < -0.3 is 4.42 Å². The number of hydrogen-bond donors (Lipinski definition) is 1. The average Bonchev–Trinajstić information content (AvgIpc) is 2.89. The van der Waals surface area contributed by atoms with Crippen LogP contribution in [0.2, 0.25) is 0 Å². The van der Waals surface area contributed by atoms with Crippen LogP contribution in [0, 0.1) is 5.92 Å². The molecule has 2 heterocycles. The molecular formula is C15H21N3O3S. The van der Waals surface area contributed by atoms with Crippen molar-refractivity contribution in [2.24, 2.45) is 11.1 Å². The monoisotopic (exact) mass is 323 g/mol. The molecule has 1 fully saturated rings. The summed E-state index contributed by atoms with van der Waals surface area (Å²) in [5.41, 5.74) is 1.67. The molecule has 1 aromatic heterocycles. The molecule has 0 radical (unpaired) electrons. The SMILES string of the molecule is CC(c1nc2ccccc2o1)N1CCC(CS(N)(=O)=O)CC1. The van der Waals surface area contributed by atoms with Gasteiger partial charge in [0.1, 0.15) is 5.52 Å². The molecule has 120 valence electrons. The zero-order chi connectivity index (χ0) is 15.7. The average molecular weight is 323 g/mol. The molecule has 2 aromatic rings. The number of primary sulfonamides is 1. The van der Waals surface area contributed by atoms with Gasteiger partial charge in [-0.15, -0.1) is 0 Å². The minimum atomic E-state index is -3.38. The van der Waals surface area contributed by atoms with Crippen molar-refractivity contribution < 1.29 is 12.8 Å². The second-order valence-electron chi connectivity index (χ2n) is 6.00. The van der Waals surface area contributed by atoms with Crippen LogP contribution in [0.15, 0.2) is 28.7 Å². The van der Waals surface area contributed by atoms with Crippen molar-refractivity contribution in [2.75, 3.05) is 18.8 Å². The highest BCUT2D eigenvalue weighted by Crippen LogP contribution is 2.28. The molecule has 0 aliphatic carbocycles. The Bertz CT molecular complexity index is 715. The molecule has 0 spiro atoms. The van der Waals surface area contributed by atoms with Crippen LogP contribution in [0.5, 0.6) is 0 Å². The van der Waals surface area contributed by atoms with Crippen molar-refractivity contribution in [1.82, 2.24) is 9.88 Å². The number of rotatable bonds is 4. The van der Waals surface area contributed by atoms with Gasteiger partial charge in [0.2, 0.25) is 15.9 Å². The number of benzene rings is 1. The van der Waals surface area contributed by atoms with E-state index >= 15 is 0 Å². The number of oxazole rings is 1. The summed E-state index contributed by atoms with van der Waals surface area (Å²) in [6.07, 6.45) is 1.67. The lowest BCUT2D eigenvalue weighted by atomic mass is 9.98. The quantitative estimate of drug-likeness (QED) is 0.928. The predicted octanol–water partition coefficient (Wildman–Crippen LogP) is 1.89. The lowest BCUT2D eigenvalue weighted by molar-refractivity contribution is 0.132. The largest absolute Gasteiger partial charge is 0.439 e. The number of likely N-dealkylation sites (tertiary alicyclic amines) is 1. The van der Waals surface area contributed by atoms with Crippen LogP contribution < -0.4 is 5.14 Å². The van der Waals surface area contributed by atoms with Gasteiger partial charge in [0, 0.05) is 0 Å². The van der Waals surface area contributed by atoms with E-state index in [1.807, 2.05) is 24.3 Å². The molecule has 2 N–H and O–H groups in total. The van der Waals surface area contributed by atoms with Gasteiger partial charge in [-0.25, -0.2) is 18.5 Å². The van der Waals surface area contributed by atoms with E-state index in [4.69, 9.17) is 9.56 Å². The van der Waals surface area contributed by atoms with Gasteiger partial charge >= 0.3 is 0 Å². The molecule has 22 heavy (non-hydrogen) atoms. The van der Waals surface area contributed by atoms with Crippen molar-refractivity contribution in [3.63, 3.8) is 0 Å². The Labute approximate surface area is 130 Å². The normalized spacial score (nSPS) is 19.5. The number of nitrogens with two attached hydrogens (primary N) is 1. The van der Waals surface area contributed by atoms with Crippen molar-refractivity contribution in [1.29, 1.82) is 0 Å². The predicted molar refractivity (Wildman–Crippen MR) is 84.7 cm³/mol. The Morgan fingerprint density at radius 2 is 2.05 bits per heavy atom. The van der Waals surface area contributed by atoms with Crippen molar-refractivity contribution in [3.8, 4) is 0 Å². The van der Waals surface area contributed by atoms with Gasteiger partial charge in [0.05, 0.1) is 11.8 Å². The van der Waals surface area contributed by atoms with Crippen molar-refractivity contribution in [3.05, 3.63) is 30.2 Å². The second kappa shape index (κ2) is 5.98. The van der Waals surface area contributed by atoms with E-state index in [9.17, 15) is 8.42 Å². The molecule has 0 amide bonds. The fourth-order valence-electron chi connectivity index (χ4n) is 3.06. The summed E-state index contributed by atoms with van der Waals surface area (Å²) in [6.45, 7) is 3.74. The van der Waals surface area contributed by atoms with E-state index in [0.29, 0.717) is 5.89 Å². The first kappa shape index (κ1) is 15.5. The van der Waals surface area contributed by atoms with E-state index < -0.39 is 10.0 Å². The van der Waals surface area contributed by atoms with Crippen LogP contribution in [0.3, 0.4) is 0 Å². The molecule has 1 atom stereocenters. The van der Waals surface area contributed by atoms with Gasteiger partial charge in [-0.05, 0) is 50.9 Å². The van der Waals surface area contributed by atoms with Gasteiger partial charge in [-0.2, -0.15) is 0 Å². The Morgan fingerprint density at radius 3 is 2.68 bits per heavy atom. The number of piperidine rings is 1. The molecule has 7 heteroatoms. The molecule has 0 saturated carbocycles. The summed E-state index contributed by atoms with van der Waals surface area (Å²) in [6, 6.07) is 7.81. The summed E-state index contributed by atoms with van der Waals surface area (Å²) < 4.78 is 28.2. The maximum atomic E-state index is 11.2. The molecule has 6 nitrogen and oxygen atoms in total. The third-order valence-corrected chi connectivity index (χ3v) is 5.27. The molecule has 1 aliphatic rings. The highest BCUT2D eigenvalue weighted by molar-refractivity contribution is 7.89. The number of sulfonamides is 1. The smallest absolute Gasteiger partial charge is 0.212 e. The topological polar surface area (TPSA) is 89.4 Å². The molecule has 3 rings (SSSR count). The third kappa shape index (κ3) is 3.48. The van der Waals surface area contributed by atoms with Gasteiger partial charge in [-0.1, -0.05) is 12.1 Å². The standard InChI is InChI=1S/C15H21N3O3S/c1-11(15-17-13-4-2-3-5-14(13)21-15)18-8-6-12(7-9-18)10-22(16,19)20/h2-5,11-12H,6-10H2,1H3,(H2,16,19,20). The van der Waals surface area contributed by atoms with E-state index in [-0.39, 0.29) is 17.7 Å². The van der Waals surface area contributed by atoms with Crippen LogP contribution in [0.25, 0.3) is 11.1 Å². The van der Waals surface area contributed by atoms with Crippen LogP contribution >= 0.6 is 0 Å². The van der Waals surface area contributed by atoms with E-state index in [1.54, 1.807) is 0 Å². The molecule has 0 bridgehead atoms. The molecular weight excluding hydrogens is 302 g/mol. The van der Waals surface area contributed by atoms with Gasteiger partial charge in [-0.3, -0.25) is 4.90 Å². The highest BCUT2D eigenvalue weighted by atomic mass is 32.2. The van der Waals surface area contributed by atoms with E-state index in [2.05, 4.69) is 16.8 Å². The molecule has 1 aliphatic heterocycles. The molecule has 1 saturated heterocycles. The van der Waals surface area contributed by atoms with Crippen molar-refractivity contribution >= 4 is 21.1 Å². The van der Waals surface area contributed by atoms with Crippen LogP contribution in [-0.4, -0.2) is 37.1 Å². The second-order valence-corrected chi connectivity index (χ2v) is 7.66. The summed E-state index contributed by atoms with van der Waals surface area (Å²) in [5.74, 6) is 0.950. The van der Waals surface area contributed by atoms with E-state index in [0.717, 1.165) is 37.0 Å². The number of fused-ring (bicyclic) bond motifs is 1. The lowest BCUT2D eigenvalue weighted by Crippen LogP contribution is -2.38. The summed E-state index contributed by atoms with van der Waals surface area (Å²) in [5, 5.41) is 5.13. The number of para-hydroxylation sites is 2. The van der Waals surface area contributed by atoms with Crippen molar-refractivity contribution in [2.45, 2.75) is 25.8 Å². The first-order valence-corrected chi connectivity index (χ1v) is 9.24. The Morgan fingerprint density at radius 1 is 1.36 bits per heavy atom. The Hall–Kier alpha value is -1.44. The zero-order valence-corrected chi connectivity index (χ0v) is 13.4. The van der Waals surface area contributed by atoms with E-state index in [1.165, 1.54) is 0 Å². The number of aromatic nitrogens is 1. The summed E-state index contributed by atoms with van der Waals surface area (Å²) >= 11 is 0. The Balaban J connectivity index is 1.65. The third-order valence-electron chi connectivity index (χ3n) is 4.33. The lowest BCUT2D eigenvalue weighted by Gasteiger charge is -2.34. The minimum Gasteiger partial charge on any atom is -0.439 e. The van der Waals surface area contributed by atoms with Gasteiger partial charge in [0.25, 0.3) is 0 Å². The highest BCUT2D eigenvalue weighted by Gasteiger charge is 2.27. The maximum absolute atomic E-state index is 11.2. The fourth-order valence-corrected chi connectivity index (χ4v) is 4.05. The first-order chi connectivity index (χ1) is 10.4. The first-order valence-electron chi connectivity index (χ1n) is 7.52. The summed E-state index contributed by atoms with van der Waals surface area (Å²) in [7, 11) is -3.38. The maximum Gasteiger partial charge on any atom is 0.212 e. The van der Waals surface area contributed by atoms with Gasteiger partial charge in [0.15, 0.2) is 5.58 Å². The van der Waals surface area contributed by atoms with Crippen LogP contribution in [0.1, 0.15) is 31.7 Å². The summed E-state index contributed by atoms with van der Waals surface area (Å²) in [4.78, 5) is 6.82. The fraction of sp³-hybridized carbons (Fsp3) is 0.533. The molecule has 1 aromatic carbocycles. The number of nitrogens with zero attached hydrogens (tertiary/aromatic N) is 2. The Kier molecular flexibility index (Phi) is 4.20. The van der Waals surface area contributed by atoms with Crippen LogP contribution in [-0.2, 0) is 10.0 Å². The molecule has 1 unspecified atom stereocenters.